The van der Waals surface area contributed by atoms with Gasteiger partial charge in [0.25, 0.3) is 0 Å². The van der Waals surface area contributed by atoms with E-state index in [2.05, 4.69) is 20.6 Å². The molecule has 1 aliphatic heterocycles. The maximum absolute atomic E-state index is 13.6. The first-order chi connectivity index (χ1) is 16.9. The number of anilines is 3. The number of rotatable bonds is 6. The average molecular weight is 507 g/mol. The van der Waals surface area contributed by atoms with Gasteiger partial charge in [-0.1, -0.05) is 18.9 Å². The van der Waals surface area contributed by atoms with Crippen LogP contribution in [0.2, 0.25) is 0 Å². The number of aromatic nitrogens is 2. The standard InChI is InChI=1S/C25H33F3N6O2/c1-24(2,36)12-21(35)34-10-9-15-11-17(8-7-16(15)14-34)31-23-30-13-18(25(26,27)28)22(33-23)32-20-6-4-3-5-19(20)29/h7-8,11,13,19-20,36H,3-6,9-10,12,14,29H2,1-2H3,(H2,30,31,32,33)/t19-,20+/m1/s1. The van der Waals surface area contributed by atoms with E-state index in [0.29, 0.717) is 31.6 Å². The molecule has 1 aromatic heterocycles. The predicted molar refractivity (Wildman–Crippen MR) is 131 cm³/mol. The van der Waals surface area contributed by atoms with E-state index >= 15 is 0 Å². The van der Waals surface area contributed by atoms with E-state index in [4.69, 9.17) is 5.73 Å². The smallest absolute Gasteiger partial charge is 0.390 e. The van der Waals surface area contributed by atoms with E-state index in [1.807, 2.05) is 12.1 Å². The predicted octanol–water partition coefficient (Wildman–Crippen LogP) is 3.97. The Morgan fingerprint density at radius 3 is 2.67 bits per heavy atom. The van der Waals surface area contributed by atoms with Gasteiger partial charge in [-0.25, -0.2) is 4.98 Å². The topological polar surface area (TPSA) is 116 Å². The molecule has 0 unspecified atom stereocenters. The highest BCUT2D eigenvalue weighted by atomic mass is 19.4. The zero-order valence-corrected chi connectivity index (χ0v) is 20.5. The number of aliphatic hydroxyl groups is 1. The fourth-order valence-electron chi connectivity index (χ4n) is 4.73. The van der Waals surface area contributed by atoms with Crippen LogP contribution < -0.4 is 16.4 Å². The van der Waals surface area contributed by atoms with Crippen molar-refractivity contribution in [3.05, 3.63) is 41.1 Å². The number of hydrogen-bond donors (Lipinski definition) is 4. The van der Waals surface area contributed by atoms with Crippen molar-refractivity contribution in [3.8, 4) is 0 Å². The first-order valence-corrected chi connectivity index (χ1v) is 12.2. The van der Waals surface area contributed by atoms with Gasteiger partial charge in [0.2, 0.25) is 11.9 Å². The molecule has 1 amide bonds. The minimum absolute atomic E-state index is 0.0487. The first-order valence-electron chi connectivity index (χ1n) is 12.2. The van der Waals surface area contributed by atoms with E-state index in [-0.39, 0.29) is 36.2 Å². The van der Waals surface area contributed by atoms with Crippen molar-refractivity contribution >= 4 is 23.4 Å². The molecule has 36 heavy (non-hydrogen) atoms. The van der Waals surface area contributed by atoms with Crippen molar-refractivity contribution in [2.75, 3.05) is 17.2 Å². The number of benzene rings is 1. The molecular formula is C25H33F3N6O2. The zero-order chi connectivity index (χ0) is 26.1. The SMILES string of the molecule is CC(C)(O)CC(=O)N1CCc2cc(Nc3ncc(C(F)(F)F)c(N[C@H]4CCCC[C@H]4N)n3)ccc2C1. The van der Waals surface area contributed by atoms with Gasteiger partial charge in [0, 0.05) is 37.1 Å². The molecule has 1 aromatic carbocycles. The van der Waals surface area contributed by atoms with Crippen molar-refractivity contribution in [2.45, 2.75) is 82.8 Å². The second kappa shape index (κ2) is 10.2. The number of fused-ring (bicyclic) bond motifs is 1. The van der Waals surface area contributed by atoms with Crippen LogP contribution in [0.3, 0.4) is 0 Å². The maximum atomic E-state index is 13.6. The normalized spacial score (nSPS) is 20.6. The van der Waals surface area contributed by atoms with Crippen LogP contribution in [0.5, 0.6) is 0 Å². The summed E-state index contributed by atoms with van der Waals surface area (Å²) in [7, 11) is 0. The van der Waals surface area contributed by atoms with Crippen LogP contribution in [0.4, 0.5) is 30.6 Å². The minimum atomic E-state index is -4.60. The highest BCUT2D eigenvalue weighted by Crippen LogP contribution is 2.35. The average Bonchev–Trinajstić information content (AvgIpc) is 2.78. The van der Waals surface area contributed by atoms with Gasteiger partial charge in [-0.15, -0.1) is 0 Å². The number of hydrogen-bond acceptors (Lipinski definition) is 7. The Balaban J connectivity index is 1.50. The summed E-state index contributed by atoms with van der Waals surface area (Å²) >= 11 is 0. The van der Waals surface area contributed by atoms with Crippen molar-refractivity contribution in [3.63, 3.8) is 0 Å². The Morgan fingerprint density at radius 1 is 1.22 bits per heavy atom. The summed E-state index contributed by atoms with van der Waals surface area (Å²) in [5, 5.41) is 15.9. The minimum Gasteiger partial charge on any atom is -0.390 e. The van der Waals surface area contributed by atoms with Crippen LogP contribution in [0, 0.1) is 0 Å². The first kappa shape index (κ1) is 26.2. The van der Waals surface area contributed by atoms with Crippen LogP contribution in [0.25, 0.3) is 0 Å². The van der Waals surface area contributed by atoms with Gasteiger partial charge < -0.3 is 26.4 Å². The van der Waals surface area contributed by atoms with E-state index < -0.39 is 17.3 Å². The molecule has 1 saturated carbocycles. The Morgan fingerprint density at radius 2 is 1.97 bits per heavy atom. The summed E-state index contributed by atoms with van der Waals surface area (Å²) in [4.78, 5) is 22.3. The molecule has 0 bridgehead atoms. The summed E-state index contributed by atoms with van der Waals surface area (Å²) in [6.45, 7) is 4.18. The number of alkyl halides is 3. The lowest BCUT2D eigenvalue weighted by Gasteiger charge is -2.31. The quantitative estimate of drug-likeness (QED) is 0.469. The van der Waals surface area contributed by atoms with Gasteiger partial charge in [0.1, 0.15) is 11.4 Å². The molecule has 196 valence electrons. The molecule has 8 nitrogen and oxygen atoms in total. The Labute approximate surface area is 208 Å². The molecule has 2 heterocycles. The molecule has 11 heteroatoms. The summed E-state index contributed by atoms with van der Waals surface area (Å²) < 4.78 is 40.8. The lowest BCUT2D eigenvalue weighted by Crippen LogP contribution is -2.43. The second-order valence-corrected chi connectivity index (χ2v) is 10.3. The number of nitrogens with one attached hydrogen (secondary N) is 2. The molecule has 2 aromatic rings. The summed E-state index contributed by atoms with van der Waals surface area (Å²) in [5.41, 5.74) is 6.80. The Hall–Kier alpha value is -2.92. The number of halogens is 3. The molecule has 1 aliphatic carbocycles. The summed E-state index contributed by atoms with van der Waals surface area (Å²) in [5.74, 6) is -0.333. The highest BCUT2D eigenvalue weighted by molar-refractivity contribution is 5.77. The van der Waals surface area contributed by atoms with Gasteiger partial charge >= 0.3 is 6.18 Å². The molecular weight excluding hydrogens is 473 g/mol. The third-order valence-corrected chi connectivity index (χ3v) is 6.65. The lowest BCUT2D eigenvalue weighted by atomic mass is 9.91. The van der Waals surface area contributed by atoms with Crippen LogP contribution in [-0.4, -0.2) is 50.1 Å². The Kier molecular flexibility index (Phi) is 7.42. The summed E-state index contributed by atoms with van der Waals surface area (Å²) in [6, 6.07) is 5.05. The molecule has 2 aliphatic rings. The van der Waals surface area contributed by atoms with Gasteiger partial charge in [0.15, 0.2) is 0 Å². The van der Waals surface area contributed by atoms with Gasteiger partial charge in [0.05, 0.1) is 12.0 Å². The van der Waals surface area contributed by atoms with E-state index in [1.54, 1.807) is 24.8 Å². The monoisotopic (exact) mass is 506 g/mol. The fraction of sp³-hybridized carbons (Fsp3) is 0.560. The third kappa shape index (κ3) is 6.44. The lowest BCUT2D eigenvalue weighted by molar-refractivity contribution is -0.137. The van der Waals surface area contributed by atoms with E-state index in [0.717, 1.165) is 36.6 Å². The molecule has 0 radical (unpaired) electrons. The van der Waals surface area contributed by atoms with Crippen LogP contribution in [-0.2, 0) is 23.9 Å². The van der Waals surface area contributed by atoms with Crippen LogP contribution in [0.1, 0.15) is 62.6 Å². The molecule has 4 rings (SSSR count). The molecule has 5 N–H and O–H groups in total. The van der Waals surface area contributed by atoms with E-state index in [1.165, 1.54) is 0 Å². The zero-order valence-electron chi connectivity index (χ0n) is 20.5. The van der Waals surface area contributed by atoms with Crippen molar-refractivity contribution in [1.29, 1.82) is 0 Å². The number of nitrogens with two attached hydrogens (primary N) is 1. The molecule has 2 atom stereocenters. The van der Waals surface area contributed by atoms with Crippen LogP contribution >= 0.6 is 0 Å². The van der Waals surface area contributed by atoms with Gasteiger partial charge in [-0.2, -0.15) is 18.2 Å². The number of nitrogens with zero attached hydrogens (tertiary/aromatic N) is 3. The van der Waals surface area contributed by atoms with Gasteiger partial charge in [-0.05, 0) is 56.4 Å². The largest absolute Gasteiger partial charge is 0.421 e. The maximum Gasteiger partial charge on any atom is 0.421 e. The molecule has 0 spiro atoms. The Bertz CT molecular complexity index is 1100. The van der Waals surface area contributed by atoms with Crippen molar-refractivity contribution < 1.29 is 23.1 Å². The third-order valence-electron chi connectivity index (χ3n) is 6.65. The van der Waals surface area contributed by atoms with Crippen LogP contribution in [0.15, 0.2) is 24.4 Å². The van der Waals surface area contributed by atoms with Crippen molar-refractivity contribution in [2.24, 2.45) is 5.73 Å². The number of carbonyl (C=O) groups is 1. The summed E-state index contributed by atoms with van der Waals surface area (Å²) in [6.07, 6.45) is 0.176. The van der Waals surface area contributed by atoms with E-state index in [9.17, 15) is 23.1 Å². The fourth-order valence-corrected chi connectivity index (χ4v) is 4.73. The molecule has 1 fully saturated rings. The molecule has 0 saturated heterocycles. The second-order valence-electron chi connectivity index (χ2n) is 10.3. The number of amides is 1. The van der Waals surface area contributed by atoms with Crippen molar-refractivity contribution in [1.82, 2.24) is 14.9 Å². The number of carbonyl (C=O) groups excluding carboxylic acids is 1. The highest BCUT2D eigenvalue weighted by Gasteiger charge is 2.36. The van der Waals surface area contributed by atoms with Gasteiger partial charge in [-0.3, -0.25) is 4.79 Å².